The molecule has 5 nitrogen and oxygen atoms in total. The molecule has 3 amide bonds. The summed E-state index contributed by atoms with van der Waals surface area (Å²) in [5.74, 6) is -1.54. The first-order valence-electron chi connectivity index (χ1n) is 9.51. The Morgan fingerprint density at radius 3 is 2.43 bits per heavy atom. The lowest BCUT2D eigenvalue weighted by molar-refractivity contribution is -0.138. The van der Waals surface area contributed by atoms with Crippen LogP contribution in [0.25, 0.3) is 0 Å². The SMILES string of the molecule is O=C1CC(N(Cc2cccs2)C(=O)Cc2ccccc2)C(=O)N1c1ccc(F)cc1. The summed E-state index contributed by atoms with van der Waals surface area (Å²) in [6, 6.07) is 17.4. The van der Waals surface area contributed by atoms with Crippen molar-refractivity contribution >= 4 is 34.7 Å². The second-order valence-corrected chi connectivity index (χ2v) is 8.06. The van der Waals surface area contributed by atoms with Gasteiger partial charge in [0.2, 0.25) is 11.8 Å². The van der Waals surface area contributed by atoms with Crippen molar-refractivity contribution in [2.75, 3.05) is 4.90 Å². The number of carbonyl (C=O) groups is 3. The topological polar surface area (TPSA) is 57.7 Å². The van der Waals surface area contributed by atoms with E-state index in [0.29, 0.717) is 5.69 Å². The van der Waals surface area contributed by atoms with Crippen LogP contribution in [0.4, 0.5) is 10.1 Å². The molecule has 0 aliphatic carbocycles. The molecule has 0 radical (unpaired) electrons. The third kappa shape index (κ3) is 4.16. The van der Waals surface area contributed by atoms with Crippen LogP contribution in [0, 0.1) is 5.82 Å². The molecule has 0 N–H and O–H groups in total. The fourth-order valence-corrected chi connectivity index (χ4v) is 4.24. The Labute approximate surface area is 177 Å². The Balaban J connectivity index is 1.61. The zero-order valence-corrected chi connectivity index (χ0v) is 16.8. The lowest BCUT2D eigenvalue weighted by Gasteiger charge is -2.27. The fourth-order valence-electron chi connectivity index (χ4n) is 3.54. The molecule has 1 fully saturated rings. The van der Waals surface area contributed by atoms with Crippen molar-refractivity contribution in [3.8, 4) is 0 Å². The highest BCUT2D eigenvalue weighted by Gasteiger charge is 2.44. The summed E-state index contributed by atoms with van der Waals surface area (Å²) in [6.07, 6.45) is 0.0445. The van der Waals surface area contributed by atoms with Crippen molar-refractivity contribution in [2.45, 2.75) is 25.4 Å². The van der Waals surface area contributed by atoms with Crippen molar-refractivity contribution in [3.05, 3.63) is 88.4 Å². The molecule has 0 bridgehead atoms. The van der Waals surface area contributed by atoms with E-state index in [-0.39, 0.29) is 25.3 Å². The number of hydrogen-bond donors (Lipinski definition) is 0. The molecule has 1 aliphatic rings. The Bertz CT molecular complexity index is 1050. The van der Waals surface area contributed by atoms with Crippen molar-refractivity contribution in [3.63, 3.8) is 0 Å². The fraction of sp³-hybridized carbons (Fsp3) is 0.174. The van der Waals surface area contributed by atoms with Crippen LogP contribution in [0.5, 0.6) is 0 Å². The van der Waals surface area contributed by atoms with Gasteiger partial charge in [0, 0.05) is 4.88 Å². The summed E-state index contributed by atoms with van der Waals surface area (Å²) < 4.78 is 13.3. The predicted molar refractivity (Wildman–Crippen MR) is 112 cm³/mol. The number of carbonyl (C=O) groups excluding carboxylic acids is 3. The standard InChI is InChI=1S/C23H19FN2O3S/c24-17-8-10-18(11-9-17)26-22(28)14-20(23(26)29)25(15-19-7-4-12-30-19)21(27)13-16-5-2-1-3-6-16/h1-12,20H,13-15H2. The summed E-state index contributed by atoms with van der Waals surface area (Å²) in [5, 5.41) is 1.90. The highest BCUT2D eigenvalue weighted by molar-refractivity contribution is 7.09. The van der Waals surface area contributed by atoms with E-state index in [4.69, 9.17) is 0 Å². The van der Waals surface area contributed by atoms with E-state index in [1.54, 1.807) is 0 Å². The summed E-state index contributed by atoms with van der Waals surface area (Å²) >= 11 is 1.49. The van der Waals surface area contributed by atoms with Gasteiger partial charge in [0.25, 0.3) is 5.91 Å². The maximum atomic E-state index is 13.3. The van der Waals surface area contributed by atoms with Crippen LogP contribution >= 0.6 is 11.3 Å². The maximum absolute atomic E-state index is 13.3. The molecular formula is C23H19FN2O3S. The molecule has 1 unspecified atom stereocenters. The zero-order chi connectivity index (χ0) is 21.1. The lowest BCUT2D eigenvalue weighted by atomic mass is 10.1. The Morgan fingerprint density at radius 2 is 1.77 bits per heavy atom. The van der Waals surface area contributed by atoms with E-state index in [1.165, 1.54) is 40.5 Å². The van der Waals surface area contributed by atoms with Gasteiger partial charge in [-0.05, 0) is 41.3 Å². The van der Waals surface area contributed by atoms with E-state index in [0.717, 1.165) is 15.3 Å². The molecule has 4 rings (SSSR count). The van der Waals surface area contributed by atoms with Crippen LogP contribution in [0.2, 0.25) is 0 Å². The van der Waals surface area contributed by atoms with Gasteiger partial charge in [-0.15, -0.1) is 11.3 Å². The van der Waals surface area contributed by atoms with Gasteiger partial charge >= 0.3 is 0 Å². The van der Waals surface area contributed by atoms with Gasteiger partial charge < -0.3 is 4.90 Å². The Morgan fingerprint density at radius 1 is 1.03 bits per heavy atom. The number of amides is 3. The van der Waals surface area contributed by atoms with Gasteiger partial charge in [-0.1, -0.05) is 36.4 Å². The molecule has 1 aliphatic heterocycles. The predicted octanol–water partition coefficient (Wildman–Crippen LogP) is 3.79. The first-order chi connectivity index (χ1) is 14.5. The van der Waals surface area contributed by atoms with E-state index in [2.05, 4.69) is 0 Å². The second kappa shape index (κ2) is 8.59. The van der Waals surface area contributed by atoms with Gasteiger partial charge in [0.15, 0.2) is 0 Å². The number of rotatable bonds is 6. The number of thiophene rings is 1. The minimum Gasteiger partial charge on any atom is -0.325 e. The smallest absolute Gasteiger partial charge is 0.257 e. The van der Waals surface area contributed by atoms with Crippen LogP contribution in [-0.4, -0.2) is 28.7 Å². The lowest BCUT2D eigenvalue weighted by Crippen LogP contribution is -2.45. The monoisotopic (exact) mass is 422 g/mol. The Kier molecular flexibility index (Phi) is 5.72. The van der Waals surface area contributed by atoms with Crippen LogP contribution < -0.4 is 4.90 Å². The van der Waals surface area contributed by atoms with Crippen molar-refractivity contribution in [2.24, 2.45) is 0 Å². The third-order valence-corrected chi connectivity index (χ3v) is 5.87. The highest BCUT2D eigenvalue weighted by atomic mass is 32.1. The minimum atomic E-state index is -0.888. The molecule has 152 valence electrons. The molecule has 0 saturated carbocycles. The maximum Gasteiger partial charge on any atom is 0.257 e. The Hall–Kier alpha value is -3.32. The molecule has 30 heavy (non-hydrogen) atoms. The van der Waals surface area contributed by atoms with Crippen molar-refractivity contribution in [1.82, 2.24) is 4.90 Å². The molecule has 2 aromatic carbocycles. The quantitative estimate of drug-likeness (QED) is 0.568. The summed E-state index contributed by atoms with van der Waals surface area (Å²) in [4.78, 5) is 42.4. The summed E-state index contributed by atoms with van der Waals surface area (Å²) in [6.45, 7) is 0.254. The summed E-state index contributed by atoms with van der Waals surface area (Å²) in [7, 11) is 0. The van der Waals surface area contributed by atoms with Crippen LogP contribution in [0.1, 0.15) is 16.9 Å². The van der Waals surface area contributed by atoms with Gasteiger partial charge in [0.1, 0.15) is 11.9 Å². The minimum absolute atomic E-state index is 0.0951. The van der Waals surface area contributed by atoms with Crippen LogP contribution in [0.15, 0.2) is 72.1 Å². The highest BCUT2D eigenvalue weighted by Crippen LogP contribution is 2.28. The molecule has 2 heterocycles. The number of hydrogen-bond acceptors (Lipinski definition) is 4. The molecule has 1 aromatic heterocycles. The number of halogens is 1. The number of imide groups is 1. The number of anilines is 1. The van der Waals surface area contributed by atoms with Crippen LogP contribution in [0.3, 0.4) is 0 Å². The molecular weight excluding hydrogens is 403 g/mol. The van der Waals surface area contributed by atoms with Crippen molar-refractivity contribution < 1.29 is 18.8 Å². The molecule has 1 saturated heterocycles. The molecule has 1 atom stereocenters. The molecule has 3 aromatic rings. The number of benzene rings is 2. The average molecular weight is 422 g/mol. The average Bonchev–Trinajstić information content (AvgIpc) is 3.35. The van der Waals surface area contributed by atoms with E-state index < -0.39 is 23.7 Å². The molecule has 7 heteroatoms. The van der Waals surface area contributed by atoms with Gasteiger partial charge in [-0.2, -0.15) is 0 Å². The zero-order valence-electron chi connectivity index (χ0n) is 16.0. The van der Waals surface area contributed by atoms with E-state index in [9.17, 15) is 18.8 Å². The largest absolute Gasteiger partial charge is 0.325 e. The molecule has 0 spiro atoms. The van der Waals surface area contributed by atoms with E-state index >= 15 is 0 Å². The third-order valence-electron chi connectivity index (χ3n) is 5.01. The first kappa shape index (κ1) is 20.0. The van der Waals surface area contributed by atoms with Crippen LogP contribution in [-0.2, 0) is 27.3 Å². The second-order valence-electron chi connectivity index (χ2n) is 7.03. The van der Waals surface area contributed by atoms with Gasteiger partial charge in [-0.25, -0.2) is 9.29 Å². The van der Waals surface area contributed by atoms with Crippen molar-refractivity contribution in [1.29, 1.82) is 0 Å². The normalized spacial score (nSPS) is 16.2. The summed E-state index contributed by atoms with van der Waals surface area (Å²) in [5.41, 5.74) is 1.14. The van der Waals surface area contributed by atoms with Gasteiger partial charge in [0.05, 0.1) is 25.1 Å². The van der Waals surface area contributed by atoms with E-state index in [1.807, 2.05) is 47.8 Å². The van der Waals surface area contributed by atoms with Gasteiger partial charge in [-0.3, -0.25) is 14.4 Å². The first-order valence-corrected chi connectivity index (χ1v) is 10.4. The number of nitrogens with zero attached hydrogens (tertiary/aromatic N) is 2.